The number of carbonyl (C=O) groups is 1. The first-order valence-electron chi connectivity index (χ1n) is 9.08. The maximum atomic E-state index is 12.2. The minimum absolute atomic E-state index is 0.0877. The van der Waals surface area contributed by atoms with Gasteiger partial charge < -0.3 is 25.2 Å². The van der Waals surface area contributed by atoms with Crippen molar-refractivity contribution in [2.24, 2.45) is 0 Å². The number of hydrogen-bond acceptors (Lipinski definition) is 7. The number of aromatic nitrogens is 2. The highest BCUT2D eigenvalue weighted by molar-refractivity contribution is 5.94. The summed E-state index contributed by atoms with van der Waals surface area (Å²) >= 11 is 0. The fourth-order valence-corrected chi connectivity index (χ4v) is 2.82. The summed E-state index contributed by atoms with van der Waals surface area (Å²) in [6, 6.07) is 9.49. The van der Waals surface area contributed by atoms with Gasteiger partial charge >= 0.3 is 0 Å². The van der Waals surface area contributed by atoms with Crippen LogP contribution in [0.25, 0.3) is 0 Å². The molecule has 1 aliphatic rings. The number of hydrogen-bond donors (Lipinski definition) is 2. The highest BCUT2D eigenvalue weighted by Gasteiger charge is 2.12. The molecule has 2 heterocycles. The predicted octanol–water partition coefficient (Wildman–Crippen LogP) is 1.22. The van der Waals surface area contributed by atoms with E-state index in [0.29, 0.717) is 24.5 Å². The van der Waals surface area contributed by atoms with E-state index in [4.69, 9.17) is 4.74 Å². The lowest BCUT2D eigenvalue weighted by atomic mass is 10.2. The maximum absolute atomic E-state index is 12.2. The first kappa shape index (κ1) is 18.9. The summed E-state index contributed by atoms with van der Waals surface area (Å²) in [4.78, 5) is 16.4. The standard InChI is InChI=1S/C19H26N6O2/c1-24(2)16-5-3-15(4-6-16)19(26)21-8-7-20-18-13-17(14-22-23-18)25-9-11-27-12-10-25/h3-6,13-14H,7-12H2,1-2H3,(H,20,23)(H,21,26). The van der Waals surface area contributed by atoms with Crippen molar-refractivity contribution < 1.29 is 9.53 Å². The van der Waals surface area contributed by atoms with E-state index in [-0.39, 0.29) is 5.91 Å². The molecule has 1 saturated heterocycles. The van der Waals surface area contributed by atoms with Crippen LogP contribution in [0.3, 0.4) is 0 Å². The third-order valence-electron chi connectivity index (χ3n) is 4.38. The lowest BCUT2D eigenvalue weighted by Gasteiger charge is -2.28. The lowest BCUT2D eigenvalue weighted by Crippen LogP contribution is -2.36. The van der Waals surface area contributed by atoms with Crippen molar-refractivity contribution in [2.45, 2.75) is 0 Å². The fraction of sp³-hybridized carbons (Fsp3) is 0.421. The minimum atomic E-state index is -0.0877. The molecule has 8 heteroatoms. The molecule has 0 radical (unpaired) electrons. The highest BCUT2D eigenvalue weighted by Crippen LogP contribution is 2.17. The minimum Gasteiger partial charge on any atom is -0.378 e. The molecule has 2 N–H and O–H groups in total. The van der Waals surface area contributed by atoms with E-state index in [2.05, 4.69) is 25.7 Å². The first-order chi connectivity index (χ1) is 13.1. The second-order valence-electron chi connectivity index (χ2n) is 6.52. The Balaban J connectivity index is 1.45. The molecular weight excluding hydrogens is 344 g/mol. The summed E-state index contributed by atoms with van der Waals surface area (Å²) in [7, 11) is 3.94. The topological polar surface area (TPSA) is 82.6 Å². The molecule has 1 aliphatic heterocycles. The molecule has 3 rings (SSSR count). The average molecular weight is 370 g/mol. The Labute approximate surface area is 159 Å². The van der Waals surface area contributed by atoms with Gasteiger partial charge in [0, 0.05) is 57.6 Å². The molecule has 1 aromatic heterocycles. The van der Waals surface area contributed by atoms with Crippen LogP contribution in [0.1, 0.15) is 10.4 Å². The van der Waals surface area contributed by atoms with Gasteiger partial charge in [0.05, 0.1) is 25.1 Å². The monoisotopic (exact) mass is 370 g/mol. The van der Waals surface area contributed by atoms with Gasteiger partial charge in [0.1, 0.15) is 0 Å². The second-order valence-corrected chi connectivity index (χ2v) is 6.52. The van der Waals surface area contributed by atoms with Crippen molar-refractivity contribution >= 4 is 23.1 Å². The van der Waals surface area contributed by atoms with Gasteiger partial charge in [-0.15, -0.1) is 5.10 Å². The Kier molecular flexibility index (Phi) is 6.43. The van der Waals surface area contributed by atoms with Gasteiger partial charge in [-0.25, -0.2) is 0 Å². The number of carbonyl (C=O) groups excluding carboxylic acids is 1. The largest absolute Gasteiger partial charge is 0.378 e. The van der Waals surface area contributed by atoms with Crippen molar-refractivity contribution in [3.63, 3.8) is 0 Å². The molecule has 0 spiro atoms. The van der Waals surface area contributed by atoms with Crippen LogP contribution in [0, 0.1) is 0 Å². The quantitative estimate of drug-likeness (QED) is 0.709. The van der Waals surface area contributed by atoms with Crippen LogP contribution in [0.4, 0.5) is 17.2 Å². The van der Waals surface area contributed by atoms with Crippen LogP contribution in [0.2, 0.25) is 0 Å². The van der Waals surface area contributed by atoms with Gasteiger partial charge in [0.25, 0.3) is 5.91 Å². The Bertz CT molecular complexity index is 744. The van der Waals surface area contributed by atoms with E-state index in [0.717, 1.165) is 37.7 Å². The molecule has 8 nitrogen and oxygen atoms in total. The summed E-state index contributed by atoms with van der Waals surface area (Å²) in [5, 5.41) is 14.3. The predicted molar refractivity (Wildman–Crippen MR) is 107 cm³/mol. The molecule has 27 heavy (non-hydrogen) atoms. The van der Waals surface area contributed by atoms with Crippen molar-refractivity contribution in [3.05, 3.63) is 42.1 Å². The number of nitrogens with one attached hydrogen (secondary N) is 2. The third-order valence-corrected chi connectivity index (χ3v) is 4.38. The van der Waals surface area contributed by atoms with Gasteiger partial charge in [-0.2, -0.15) is 5.10 Å². The zero-order chi connectivity index (χ0) is 19.1. The number of amides is 1. The smallest absolute Gasteiger partial charge is 0.251 e. The molecule has 144 valence electrons. The summed E-state index contributed by atoms with van der Waals surface area (Å²) < 4.78 is 5.37. The van der Waals surface area contributed by atoms with Crippen LogP contribution in [0.5, 0.6) is 0 Å². The molecule has 2 aromatic rings. The lowest BCUT2D eigenvalue weighted by molar-refractivity contribution is 0.0955. The van der Waals surface area contributed by atoms with Gasteiger partial charge in [-0.3, -0.25) is 4.79 Å². The number of nitrogens with zero attached hydrogens (tertiary/aromatic N) is 4. The SMILES string of the molecule is CN(C)c1ccc(C(=O)NCCNc2cc(N3CCOCC3)cnn2)cc1. The van der Waals surface area contributed by atoms with Crippen molar-refractivity contribution in [3.8, 4) is 0 Å². The van der Waals surface area contributed by atoms with Gasteiger partial charge in [-0.1, -0.05) is 0 Å². The fourth-order valence-electron chi connectivity index (χ4n) is 2.82. The van der Waals surface area contributed by atoms with Crippen LogP contribution in [-0.2, 0) is 4.74 Å². The van der Waals surface area contributed by atoms with Crippen molar-refractivity contribution in [2.75, 3.05) is 68.6 Å². The Hall–Kier alpha value is -2.87. The van der Waals surface area contributed by atoms with Gasteiger partial charge in [0.15, 0.2) is 5.82 Å². The molecule has 1 fully saturated rings. The van der Waals surface area contributed by atoms with Crippen molar-refractivity contribution in [1.82, 2.24) is 15.5 Å². The Morgan fingerprint density at radius 1 is 1.19 bits per heavy atom. The first-order valence-corrected chi connectivity index (χ1v) is 9.08. The zero-order valence-corrected chi connectivity index (χ0v) is 15.8. The molecule has 0 saturated carbocycles. The van der Waals surface area contributed by atoms with E-state index in [1.807, 2.05) is 49.3 Å². The van der Waals surface area contributed by atoms with E-state index < -0.39 is 0 Å². The number of rotatable bonds is 7. The summed E-state index contributed by atoms with van der Waals surface area (Å²) in [6.45, 7) is 4.24. The van der Waals surface area contributed by atoms with Gasteiger partial charge in [0.2, 0.25) is 0 Å². The Morgan fingerprint density at radius 2 is 1.93 bits per heavy atom. The number of benzene rings is 1. The third kappa shape index (κ3) is 5.30. The van der Waals surface area contributed by atoms with E-state index in [1.54, 1.807) is 6.20 Å². The van der Waals surface area contributed by atoms with E-state index >= 15 is 0 Å². The van der Waals surface area contributed by atoms with Crippen LogP contribution >= 0.6 is 0 Å². The second kappa shape index (κ2) is 9.18. The van der Waals surface area contributed by atoms with E-state index in [9.17, 15) is 4.79 Å². The number of morpholine rings is 1. The highest BCUT2D eigenvalue weighted by atomic mass is 16.5. The summed E-state index contributed by atoms with van der Waals surface area (Å²) in [5.74, 6) is 0.610. The molecule has 1 amide bonds. The van der Waals surface area contributed by atoms with Crippen LogP contribution in [-0.4, -0.2) is 69.6 Å². The molecule has 0 bridgehead atoms. The molecule has 0 atom stereocenters. The zero-order valence-electron chi connectivity index (χ0n) is 15.8. The molecule has 0 unspecified atom stereocenters. The van der Waals surface area contributed by atoms with E-state index in [1.165, 1.54) is 0 Å². The van der Waals surface area contributed by atoms with Crippen molar-refractivity contribution in [1.29, 1.82) is 0 Å². The molecular formula is C19H26N6O2. The van der Waals surface area contributed by atoms with Gasteiger partial charge in [-0.05, 0) is 24.3 Å². The normalized spacial score (nSPS) is 13.9. The Morgan fingerprint density at radius 3 is 2.63 bits per heavy atom. The summed E-state index contributed by atoms with van der Waals surface area (Å²) in [5.41, 5.74) is 2.74. The van der Waals surface area contributed by atoms with Crippen LogP contribution in [0.15, 0.2) is 36.5 Å². The number of anilines is 3. The summed E-state index contributed by atoms with van der Waals surface area (Å²) in [6.07, 6.45) is 1.76. The maximum Gasteiger partial charge on any atom is 0.251 e. The average Bonchev–Trinajstić information content (AvgIpc) is 2.72. The number of ether oxygens (including phenoxy) is 1. The van der Waals surface area contributed by atoms with Crippen LogP contribution < -0.4 is 20.4 Å². The molecule has 1 aromatic carbocycles. The molecule has 0 aliphatic carbocycles.